The van der Waals surface area contributed by atoms with Crippen molar-refractivity contribution in [3.05, 3.63) is 55.5 Å². The SMILES string of the molecule is CCC(C)(O)COc1c(Cl)cc(C(C)(C)c2cc(Cl)c(OCC(C)(O)CC)c(Cl)c2)cc1Cl. The zero-order valence-corrected chi connectivity index (χ0v) is 22.9. The van der Waals surface area contributed by atoms with Gasteiger partial charge in [-0.3, -0.25) is 0 Å². The molecule has 2 rings (SSSR count). The van der Waals surface area contributed by atoms with Crippen LogP contribution >= 0.6 is 46.4 Å². The van der Waals surface area contributed by atoms with Gasteiger partial charge in [-0.15, -0.1) is 0 Å². The van der Waals surface area contributed by atoms with E-state index in [0.717, 1.165) is 11.1 Å². The van der Waals surface area contributed by atoms with Crippen molar-refractivity contribution in [2.45, 2.75) is 71.0 Å². The van der Waals surface area contributed by atoms with Crippen molar-refractivity contribution in [2.24, 2.45) is 0 Å². The molecule has 0 aromatic heterocycles. The summed E-state index contributed by atoms with van der Waals surface area (Å²) in [5.41, 5.74) is -0.843. The van der Waals surface area contributed by atoms with E-state index in [1.807, 2.05) is 27.7 Å². The van der Waals surface area contributed by atoms with E-state index in [1.54, 1.807) is 38.1 Å². The van der Waals surface area contributed by atoms with Gasteiger partial charge in [-0.1, -0.05) is 74.1 Å². The van der Waals surface area contributed by atoms with E-state index in [0.29, 0.717) is 44.4 Å². The molecule has 0 fully saturated rings. The predicted octanol–water partition coefficient (Wildman–Crippen LogP) is 7.71. The highest BCUT2D eigenvalue weighted by molar-refractivity contribution is 6.38. The van der Waals surface area contributed by atoms with Crippen LogP contribution in [-0.2, 0) is 5.41 Å². The lowest BCUT2D eigenvalue weighted by Gasteiger charge is -2.29. The normalized spacial score (nSPS) is 15.6. The van der Waals surface area contributed by atoms with Gasteiger partial charge in [0.05, 0.1) is 31.3 Å². The van der Waals surface area contributed by atoms with E-state index in [4.69, 9.17) is 55.9 Å². The first-order valence-electron chi connectivity index (χ1n) is 10.8. The van der Waals surface area contributed by atoms with Crippen molar-refractivity contribution in [1.29, 1.82) is 0 Å². The van der Waals surface area contributed by atoms with Crippen LogP contribution in [0.2, 0.25) is 20.1 Å². The van der Waals surface area contributed by atoms with Crippen molar-refractivity contribution >= 4 is 46.4 Å². The summed E-state index contributed by atoms with van der Waals surface area (Å²) in [7, 11) is 0. The monoisotopic (exact) mass is 536 g/mol. The molecule has 2 aromatic rings. The highest BCUT2D eigenvalue weighted by Gasteiger charge is 2.29. The number of aliphatic hydroxyl groups is 2. The van der Waals surface area contributed by atoms with Gasteiger partial charge in [-0.2, -0.15) is 0 Å². The number of hydrogen-bond donors (Lipinski definition) is 2. The molecule has 0 aliphatic carbocycles. The smallest absolute Gasteiger partial charge is 0.156 e. The Hall–Kier alpha value is -0.880. The molecular formula is C25H32Cl4O4. The molecule has 0 saturated heterocycles. The van der Waals surface area contributed by atoms with Crippen LogP contribution in [0.5, 0.6) is 11.5 Å². The lowest BCUT2D eigenvalue weighted by molar-refractivity contribution is 0.00830. The summed E-state index contributed by atoms with van der Waals surface area (Å²) in [6.45, 7) is 11.3. The summed E-state index contributed by atoms with van der Waals surface area (Å²) in [5, 5.41) is 21.8. The van der Waals surface area contributed by atoms with Gasteiger partial charge >= 0.3 is 0 Å². The fourth-order valence-corrected chi connectivity index (χ4v) is 4.14. The van der Waals surface area contributed by atoms with Crippen LogP contribution in [0.4, 0.5) is 0 Å². The predicted molar refractivity (Wildman–Crippen MR) is 138 cm³/mol. The fourth-order valence-electron chi connectivity index (χ4n) is 2.94. The Morgan fingerprint density at radius 1 is 0.636 bits per heavy atom. The minimum Gasteiger partial charge on any atom is -0.487 e. The lowest BCUT2D eigenvalue weighted by atomic mass is 9.78. The van der Waals surface area contributed by atoms with Crippen LogP contribution < -0.4 is 9.47 Å². The van der Waals surface area contributed by atoms with E-state index in [-0.39, 0.29) is 13.2 Å². The van der Waals surface area contributed by atoms with E-state index in [1.165, 1.54) is 0 Å². The van der Waals surface area contributed by atoms with Gasteiger partial charge in [-0.25, -0.2) is 0 Å². The van der Waals surface area contributed by atoms with Gasteiger partial charge in [0.2, 0.25) is 0 Å². The maximum absolute atomic E-state index is 10.2. The molecule has 0 aliphatic heterocycles. The second-order valence-corrected chi connectivity index (χ2v) is 11.1. The molecule has 2 aromatic carbocycles. The molecule has 8 heteroatoms. The van der Waals surface area contributed by atoms with Gasteiger partial charge in [0, 0.05) is 5.41 Å². The summed E-state index contributed by atoms with van der Waals surface area (Å²) in [5.74, 6) is 0.656. The zero-order valence-electron chi connectivity index (χ0n) is 19.9. The lowest BCUT2D eigenvalue weighted by Crippen LogP contribution is -2.31. The second kappa shape index (κ2) is 10.8. The Balaban J connectivity index is 2.35. The average Bonchev–Trinajstić information content (AvgIpc) is 2.72. The summed E-state index contributed by atoms with van der Waals surface area (Å²) in [6.07, 6.45) is 1.06. The molecule has 0 spiro atoms. The molecule has 2 atom stereocenters. The Morgan fingerprint density at radius 2 is 0.909 bits per heavy atom. The molecule has 4 nitrogen and oxygen atoms in total. The number of halogens is 4. The minimum absolute atomic E-state index is 0.0727. The number of ether oxygens (including phenoxy) is 2. The Bertz CT molecular complexity index is 863. The third kappa shape index (κ3) is 7.06. The maximum atomic E-state index is 10.2. The third-order valence-corrected chi connectivity index (χ3v) is 7.14. The molecule has 0 amide bonds. The number of hydrogen-bond acceptors (Lipinski definition) is 4. The summed E-state index contributed by atoms with van der Waals surface area (Å²) >= 11 is 26.0. The van der Waals surface area contributed by atoms with E-state index in [2.05, 4.69) is 0 Å². The largest absolute Gasteiger partial charge is 0.487 e. The fraction of sp³-hybridized carbons (Fsp3) is 0.520. The van der Waals surface area contributed by atoms with Crippen LogP contribution in [0.3, 0.4) is 0 Å². The van der Waals surface area contributed by atoms with Crippen molar-refractivity contribution in [1.82, 2.24) is 0 Å². The molecule has 33 heavy (non-hydrogen) atoms. The summed E-state index contributed by atoms with van der Waals surface area (Å²) < 4.78 is 11.4. The van der Waals surface area contributed by atoms with Gasteiger partial charge in [0.1, 0.15) is 13.2 Å². The van der Waals surface area contributed by atoms with Gasteiger partial charge in [0.25, 0.3) is 0 Å². The number of rotatable bonds is 10. The van der Waals surface area contributed by atoms with E-state index >= 15 is 0 Å². The summed E-state index contributed by atoms with van der Waals surface area (Å²) in [6, 6.07) is 7.14. The van der Waals surface area contributed by atoms with Gasteiger partial charge in [0.15, 0.2) is 11.5 Å². The molecule has 2 unspecified atom stereocenters. The van der Waals surface area contributed by atoms with E-state index in [9.17, 15) is 10.2 Å². The van der Waals surface area contributed by atoms with Gasteiger partial charge < -0.3 is 19.7 Å². The van der Waals surface area contributed by atoms with Crippen LogP contribution in [0.15, 0.2) is 24.3 Å². The van der Waals surface area contributed by atoms with Crippen LogP contribution in [0.25, 0.3) is 0 Å². The van der Waals surface area contributed by atoms with E-state index < -0.39 is 16.6 Å². The van der Waals surface area contributed by atoms with Crippen molar-refractivity contribution in [2.75, 3.05) is 13.2 Å². The molecule has 2 N–H and O–H groups in total. The molecule has 0 saturated carbocycles. The first-order chi connectivity index (χ1) is 15.1. The standard InChI is InChI=1S/C25H32Cl4O4/c1-7-24(5,30)13-32-21-17(26)9-15(10-18(21)27)23(3,4)16-11-19(28)22(20(29)12-16)33-14-25(6,31)8-2/h9-12,30-31H,7-8,13-14H2,1-6H3. The Kier molecular flexibility index (Phi) is 9.28. The molecular weight excluding hydrogens is 506 g/mol. The minimum atomic E-state index is -0.980. The topological polar surface area (TPSA) is 58.9 Å². The highest BCUT2D eigenvalue weighted by atomic mass is 35.5. The zero-order chi connectivity index (χ0) is 25.2. The van der Waals surface area contributed by atoms with Crippen molar-refractivity contribution in [3.63, 3.8) is 0 Å². The Morgan fingerprint density at radius 3 is 1.15 bits per heavy atom. The second-order valence-electron chi connectivity index (χ2n) is 9.44. The quantitative estimate of drug-likeness (QED) is 0.326. The first kappa shape index (κ1) is 28.4. The van der Waals surface area contributed by atoms with Crippen LogP contribution in [0, 0.1) is 0 Å². The first-order valence-corrected chi connectivity index (χ1v) is 12.3. The molecule has 184 valence electrons. The molecule has 0 heterocycles. The average molecular weight is 538 g/mol. The van der Waals surface area contributed by atoms with Crippen LogP contribution in [0.1, 0.15) is 65.5 Å². The Labute approximate surface area is 216 Å². The third-order valence-electron chi connectivity index (χ3n) is 6.02. The van der Waals surface area contributed by atoms with Crippen molar-refractivity contribution < 1.29 is 19.7 Å². The van der Waals surface area contributed by atoms with Crippen LogP contribution in [-0.4, -0.2) is 34.6 Å². The maximum Gasteiger partial charge on any atom is 0.156 e. The molecule has 0 bridgehead atoms. The highest BCUT2D eigenvalue weighted by Crippen LogP contribution is 2.44. The number of benzene rings is 2. The molecule has 0 aliphatic rings. The molecule has 0 radical (unpaired) electrons. The summed E-state index contributed by atoms with van der Waals surface area (Å²) in [4.78, 5) is 0. The van der Waals surface area contributed by atoms with Gasteiger partial charge in [-0.05, 0) is 62.1 Å². The van der Waals surface area contributed by atoms with Crippen molar-refractivity contribution in [3.8, 4) is 11.5 Å².